The molecule has 0 bridgehead atoms. The predicted molar refractivity (Wildman–Crippen MR) is 111 cm³/mol. The number of nitrogens with one attached hydrogen (secondary N) is 1. The van der Waals surface area contributed by atoms with Crippen LogP contribution < -0.4 is 10.1 Å². The summed E-state index contributed by atoms with van der Waals surface area (Å²) in [6.07, 6.45) is 1.85. The molecular formula is C20H16FN3O2S2. The van der Waals surface area contributed by atoms with Crippen molar-refractivity contribution in [3.63, 3.8) is 0 Å². The van der Waals surface area contributed by atoms with Crippen LogP contribution in [-0.2, 0) is 4.79 Å². The summed E-state index contributed by atoms with van der Waals surface area (Å²) in [5.41, 5.74) is 1.37. The number of carbonyl (C=O) groups is 1. The molecule has 4 aromatic rings. The van der Waals surface area contributed by atoms with E-state index in [-0.39, 0.29) is 17.5 Å². The summed E-state index contributed by atoms with van der Waals surface area (Å²) < 4.78 is 20.2. The number of ether oxygens (including phenoxy) is 1. The van der Waals surface area contributed by atoms with Gasteiger partial charge >= 0.3 is 0 Å². The van der Waals surface area contributed by atoms with Crippen molar-refractivity contribution in [3.05, 3.63) is 65.9 Å². The van der Waals surface area contributed by atoms with Crippen LogP contribution in [0.5, 0.6) is 5.75 Å². The van der Waals surface area contributed by atoms with Gasteiger partial charge in [0, 0.05) is 22.0 Å². The van der Waals surface area contributed by atoms with Crippen molar-refractivity contribution >= 4 is 39.8 Å². The van der Waals surface area contributed by atoms with E-state index >= 15 is 0 Å². The Morgan fingerprint density at radius 1 is 1.21 bits per heavy atom. The van der Waals surface area contributed by atoms with Crippen LogP contribution in [0.15, 0.2) is 65.0 Å². The second kappa shape index (κ2) is 8.04. The molecule has 1 amide bonds. The molecule has 5 nitrogen and oxygen atoms in total. The minimum Gasteiger partial charge on any atom is -0.497 e. The van der Waals surface area contributed by atoms with Crippen molar-refractivity contribution in [2.45, 2.75) is 4.90 Å². The highest BCUT2D eigenvalue weighted by molar-refractivity contribution is 8.00. The third kappa shape index (κ3) is 3.88. The Bertz CT molecular complexity index is 1100. The molecule has 8 heteroatoms. The normalized spacial score (nSPS) is 10.9. The lowest BCUT2D eigenvalue weighted by Gasteiger charge is -2.08. The van der Waals surface area contributed by atoms with Crippen molar-refractivity contribution < 1.29 is 13.9 Å². The molecule has 0 radical (unpaired) electrons. The molecule has 0 aliphatic rings. The lowest BCUT2D eigenvalue weighted by molar-refractivity contribution is -0.113. The van der Waals surface area contributed by atoms with E-state index in [9.17, 15) is 9.18 Å². The molecule has 2 aromatic carbocycles. The third-order valence-corrected chi connectivity index (χ3v) is 5.84. The minimum absolute atomic E-state index is 0.142. The highest BCUT2D eigenvalue weighted by atomic mass is 32.2. The van der Waals surface area contributed by atoms with Gasteiger partial charge in [0.05, 0.1) is 12.9 Å². The fourth-order valence-electron chi connectivity index (χ4n) is 2.70. The Morgan fingerprint density at radius 2 is 1.96 bits per heavy atom. The number of rotatable bonds is 6. The molecule has 0 atom stereocenters. The second-order valence-electron chi connectivity index (χ2n) is 5.88. The summed E-state index contributed by atoms with van der Waals surface area (Å²) in [5.74, 6) is 1.16. The number of thioether (sulfide) groups is 1. The number of hydrogen-bond acceptors (Lipinski definition) is 5. The first kappa shape index (κ1) is 18.5. The predicted octanol–water partition coefficient (Wildman–Crippen LogP) is 4.94. The standard InChI is InChI=1S/C20H16FN3O2S2/c1-26-15-6-8-16(9-7-15)28-12-17(25)22-19-18(13-2-4-14(21)5-3-13)23-20-24(19)10-11-27-20/h2-11H,12H2,1H3,(H,22,25). The summed E-state index contributed by atoms with van der Waals surface area (Å²) in [7, 11) is 1.62. The maximum atomic E-state index is 13.3. The molecule has 2 aromatic heterocycles. The number of hydrogen-bond donors (Lipinski definition) is 1. The van der Waals surface area contributed by atoms with Gasteiger partial charge in [0.2, 0.25) is 5.91 Å². The number of aromatic nitrogens is 2. The van der Waals surface area contributed by atoms with Crippen LogP contribution in [0.3, 0.4) is 0 Å². The van der Waals surface area contributed by atoms with Crippen LogP contribution in [0.4, 0.5) is 10.2 Å². The number of imidazole rings is 1. The summed E-state index contributed by atoms with van der Waals surface area (Å²) in [6.45, 7) is 0. The Morgan fingerprint density at radius 3 is 2.68 bits per heavy atom. The van der Waals surface area contributed by atoms with Gasteiger partial charge in [0.25, 0.3) is 0 Å². The fourth-order valence-corrected chi connectivity index (χ4v) is 4.12. The van der Waals surface area contributed by atoms with E-state index < -0.39 is 0 Å². The highest BCUT2D eigenvalue weighted by Gasteiger charge is 2.17. The van der Waals surface area contributed by atoms with Gasteiger partial charge in [0.1, 0.15) is 23.1 Å². The Labute approximate surface area is 169 Å². The van der Waals surface area contributed by atoms with E-state index in [0.717, 1.165) is 21.2 Å². The topological polar surface area (TPSA) is 55.6 Å². The molecule has 142 valence electrons. The van der Waals surface area contributed by atoms with Crippen molar-refractivity contribution in [2.24, 2.45) is 0 Å². The maximum Gasteiger partial charge on any atom is 0.235 e. The number of benzene rings is 2. The van der Waals surface area contributed by atoms with Gasteiger partial charge in [-0.05, 0) is 48.5 Å². The zero-order valence-corrected chi connectivity index (χ0v) is 16.5. The Hall–Kier alpha value is -2.84. The SMILES string of the molecule is COc1ccc(SCC(=O)Nc2c(-c3ccc(F)cc3)nc3sccn23)cc1. The van der Waals surface area contributed by atoms with Crippen LogP contribution in [0.2, 0.25) is 0 Å². The van der Waals surface area contributed by atoms with Crippen LogP contribution in [0.25, 0.3) is 16.2 Å². The van der Waals surface area contributed by atoms with Gasteiger partial charge in [-0.2, -0.15) is 0 Å². The molecule has 2 heterocycles. The van der Waals surface area contributed by atoms with Crippen LogP contribution in [0.1, 0.15) is 0 Å². The molecule has 0 fully saturated rings. The molecule has 0 saturated heterocycles. The summed E-state index contributed by atoms with van der Waals surface area (Å²) in [5, 5.41) is 4.86. The largest absolute Gasteiger partial charge is 0.497 e. The first-order chi connectivity index (χ1) is 13.6. The Kier molecular flexibility index (Phi) is 5.31. The quantitative estimate of drug-likeness (QED) is 0.455. The van der Waals surface area contributed by atoms with Crippen LogP contribution >= 0.6 is 23.1 Å². The van der Waals surface area contributed by atoms with Crippen LogP contribution in [-0.4, -0.2) is 28.2 Å². The number of halogens is 1. The van der Waals surface area contributed by atoms with E-state index in [1.165, 1.54) is 35.2 Å². The molecule has 1 N–H and O–H groups in total. The van der Waals surface area contributed by atoms with Gasteiger partial charge in [-0.25, -0.2) is 9.37 Å². The van der Waals surface area contributed by atoms with E-state index in [2.05, 4.69) is 10.3 Å². The molecule has 28 heavy (non-hydrogen) atoms. The lowest BCUT2D eigenvalue weighted by atomic mass is 10.1. The number of thiazole rings is 1. The average Bonchev–Trinajstić information content (AvgIpc) is 3.30. The summed E-state index contributed by atoms with van der Waals surface area (Å²) in [4.78, 5) is 18.9. The third-order valence-electron chi connectivity index (χ3n) is 4.07. The first-order valence-electron chi connectivity index (χ1n) is 8.42. The van der Waals surface area contributed by atoms with Gasteiger partial charge < -0.3 is 10.1 Å². The van der Waals surface area contributed by atoms with Crippen molar-refractivity contribution in [1.82, 2.24) is 9.38 Å². The van der Waals surface area contributed by atoms with Crippen LogP contribution in [0, 0.1) is 5.82 Å². The van der Waals surface area contributed by atoms with Crippen molar-refractivity contribution in [3.8, 4) is 17.0 Å². The maximum absolute atomic E-state index is 13.3. The number of fused-ring (bicyclic) bond motifs is 1. The average molecular weight is 413 g/mol. The van der Waals surface area contributed by atoms with Gasteiger partial charge in [0.15, 0.2) is 4.96 Å². The molecular weight excluding hydrogens is 397 g/mol. The summed E-state index contributed by atoms with van der Waals surface area (Å²) in [6, 6.07) is 13.6. The number of methoxy groups -OCH3 is 1. The molecule has 4 rings (SSSR count). The summed E-state index contributed by atoms with van der Waals surface area (Å²) >= 11 is 2.91. The zero-order valence-electron chi connectivity index (χ0n) is 14.9. The smallest absolute Gasteiger partial charge is 0.235 e. The van der Waals surface area contributed by atoms with Gasteiger partial charge in [-0.3, -0.25) is 9.20 Å². The van der Waals surface area contributed by atoms with E-state index in [4.69, 9.17) is 4.74 Å². The lowest BCUT2D eigenvalue weighted by Crippen LogP contribution is -2.15. The monoisotopic (exact) mass is 413 g/mol. The highest BCUT2D eigenvalue weighted by Crippen LogP contribution is 2.31. The molecule has 0 spiro atoms. The fraction of sp³-hybridized carbons (Fsp3) is 0.100. The number of anilines is 1. The van der Waals surface area contributed by atoms with Crippen molar-refractivity contribution in [1.29, 1.82) is 0 Å². The minimum atomic E-state index is -0.314. The van der Waals surface area contributed by atoms with Crippen molar-refractivity contribution in [2.75, 3.05) is 18.2 Å². The van der Waals surface area contributed by atoms with E-state index in [1.54, 1.807) is 19.2 Å². The molecule has 0 saturated carbocycles. The van der Waals surface area contributed by atoms with E-state index in [0.29, 0.717) is 11.5 Å². The zero-order chi connectivity index (χ0) is 19.5. The van der Waals surface area contributed by atoms with E-state index in [1.807, 2.05) is 40.2 Å². The Balaban J connectivity index is 1.53. The van der Waals surface area contributed by atoms with Gasteiger partial charge in [-0.1, -0.05) is 0 Å². The molecule has 0 unspecified atom stereocenters. The molecule has 0 aliphatic carbocycles. The number of carbonyl (C=O) groups excluding carboxylic acids is 1. The second-order valence-corrected chi connectivity index (χ2v) is 7.81. The number of amides is 1. The number of nitrogens with zero attached hydrogens (tertiary/aromatic N) is 2. The van der Waals surface area contributed by atoms with Gasteiger partial charge in [-0.15, -0.1) is 23.1 Å². The molecule has 0 aliphatic heterocycles. The first-order valence-corrected chi connectivity index (χ1v) is 10.3.